The molecule has 1 aromatic heterocycles. The zero-order valence-electron chi connectivity index (χ0n) is 16.1. The highest BCUT2D eigenvalue weighted by Crippen LogP contribution is 2.42. The van der Waals surface area contributed by atoms with Crippen molar-refractivity contribution in [1.82, 2.24) is 14.9 Å². The summed E-state index contributed by atoms with van der Waals surface area (Å²) in [6.07, 6.45) is 7.15. The summed E-state index contributed by atoms with van der Waals surface area (Å²) in [5.41, 5.74) is 2.38. The van der Waals surface area contributed by atoms with Crippen molar-refractivity contribution in [3.63, 3.8) is 0 Å². The molecule has 28 heavy (non-hydrogen) atoms. The van der Waals surface area contributed by atoms with E-state index in [0.717, 1.165) is 61.8 Å². The van der Waals surface area contributed by atoms with Crippen LogP contribution in [0.5, 0.6) is 0 Å². The van der Waals surface area contributed by atoms with Crippen LogP contribution in [0.25, 0.3) is 0 Å². The number of aromatic nitrogens is 2. The summed E-state index contributed by atoms with van der Waals surface area (Å²) < 4.78 is 0. The molecule has 0 amide bonds. The summed E-state index contributed by atoms with van der Waals surface area (Å²) >= 11 is 1.65. The van der Waals surface area contributed by atoms with Crippen molar-refractivity contribution in [2.45, 2.75) is 49.1 Å². The fraction of sp³-hybridized carbons (Fsp3) is 0.476. The van der Waals surface area contributed by atoms with Gasteiger partial charge in [0.05, 0.1) is 11.6 Å². The van der Waals surface area contributed by atoms with Gasteiger partial charge in [0, 0.05) is 23.8 Å². The normalized spacial score (nSPS) is 18.0. The number of piperidine rings is 1. The molecular formula is C21H26N4O2S. The Bertz CT molecular complexity index is 852. The molecule has 0 bridgehead atoms. The van der Waals surface area contributed by atoms with Gasteiger partial charge in [0.1, 0.15) is 5.03 Å². The Kier molecular flexibility index (Phi) is 5.82. The molecule has 2 aromatic rings. The number of hydrogen-bond donors (Lipinski definition) is 2. The largest absolute Gasteiger partial charge is 0.481 e. The van der Waals surface area contributed by atoms with Crippen molar-refractivity contribution in [3.05, 3.63) is 36.2 Å². The number of likely N-dealkylation sites (tertiary alicyclic amines) is 1. The van der Waals surface area contributed by atoms with Crippen LogP contribution in [0, 0.1) is 11.8 Å². The highest BCUT2D eigenvalue weighted by Gasteiger charge is 2.25. The van der Waals surface area contributed by atoms with E-state index in [2.05, 4.69) is 38.4 Å². The Hall–Kier alpha value is -2.12. The third kappa shape index (κ3) is 4.31. The molecule has 6 nitrogen and oxygen atoms in total. The smallest absolute Gasteiger partial charge is 0.306 e. The van der Waals surface area contributed by atoms with E-state index in [9.17, 15) is 9.90 Å². The van der Waals surface area contributed by atoms with Crippen LogP contribution in [0.1, 0.15) is 38.2 Å². The summed E-state index contributed by atoms with van der Waals surface area (Å²) in [5.74, 6) is 0.526. The number of fused-ring (bicyclic) bond motifs is 2. The van der Waals surface area contributed by atoms with Crippen molar-refractivity contribution < 1.29 is 9.90 Å². The summed E-state index contributed by atoms with van der Waals surface area (Å²) in [7, 11) is 0. The summed E-state index contributed by atoms with van der Waals surface area (Å²) in [6, 6.07) is 6.56. The first-order valence-electron chi connectivity index (χ1n) is 9.96. The van der Waals surface area contributed by atoms with Crippen molar-refractivity contribution in [2.75, 3.05) is 18.4 Å². The van der Waals surface area contributed by atoms with E-state index in [1.165, 1.54) is 10.5 Å². The lowest BCUT2D eigenvalue weighted by Gasteiger charge is -2.33. The molecule has 1 saturated heterocycles. The van der Waals surface area contributed by atoms with Gasteiger partial charge < -0.3 is 10.4 Å². The Morgan fingerprint density at radius 2 is 2.11 bits per heavy atom. The number of anilines is 2. The van der Waals surface area contributed by atoms with Crippen molar-refractivity contribution >= 4 is 29.2 Å². The number of hydrogen-bond acceptors (Lipinski definition) is 6. The zero-order valence-corrected chi connectivity index (χ0v) is 16.9. The van der Waals surface area contributed by atoms with Gasteiger partial charge >= 0.3 is 5.97 Å². The molecule has 2 N–H and O–H groups in total. The number of nitrogens with one attached hydrogen (secondary N) is 1. The predicted molar refractivity (Wildman–Crippen MR) is 110 cm³/mol. The van der Waals surface area contributed by atoms with E-state index < -0.39 is 5.97 Å². The molecule has 2 aliphatic rings. The molecule has 0 aliphatic carbocycles. The summed E-state index contributed by atoms with van der Waals surface area (Å²) in [4.78, 5) is 23.7. The van der Waals surface area contributed by atoms with Gasteiger partial charge in [-0.1, -0.05) is 24.8 Å². The van der Waals surface area contributed by atoms with Gasteiger partial charge in [-0.3, -0.25) is 9.69 Å². The quantitative estimate of drug-likeness (QED) is 0.637. The molecule has 0 radical (unpaired) electrons. The van der Waals surface area contributed by atoms with Gasteiger partial charge in [-0.2, -0.15) is 0 Å². The van der Waals surface area contributed by atoms with E-state index in [1.807, 2.05) is 6.92 Å². The van der Waals surface area contributed by atoms with Gasteiger partial charge in [-0.15, -0.1) is 0 Å². The molecule has 4 rings (SSSR count). The van der Waals surface area contributed by atoms with Crippen LogP contribution in [0.4, 0.5) is 11.5 Å². The topological polar surface area (TPSA) is 78.3 Å². The molecule has 0 saturated carbocycles. The molecule has 2 aliphatic heterocycles. The number of benzene rings is 1. The molecule has 148 valence electrons. The monoisotopic (exact) mass is 398 g/mol. The second kappa shape index (κ2) is 8.49. The lowest BCUT2D eigenvalue weighted by atomic mass is 9.86. The summed E-state index contributed by atoms with van der Waals surface area (Å²) in [6.45, 7) is 4.97. The minimum atomic E-state index is -0.643. The van der Waals surface area contributed by atoms with Crippen LogP contribution in [0.15, 0.2) is 40.5 Å². The highest BCUT2D eigenvalue weighted by atomic mass is 32.2. The Labute approximate surface area is 169 Å². The molecule has 3 heterocycles. The minimum absolute atomic E-state index is 0.188. The van der Waals surface area contributed by atoms with Gasteiger partial charge in [-0.25, -0.2) is 9.97 Å². The second-order valence-corrected chi connectivity index (χ2v) is 8.70. The third-order valence-electron chi connectivity index (χ3n) is 5.74. The van der Waals surface area contributed by atoms with Crippen molar-refractivity contribution in [3.8, 4) is 0 Å². The van der Waals surface area contributed by atoms with Crippen LogP contribution < -0.4 is 5.32 Å². The number of carboxylic acid groups (broad SMARTS) is 1. The van der Waals surface area contributed by atoms with Gasteiger partial charge in [0.15, 0.2) is 5.82 Å². The number of carboxylic acids is 1. The van der Waals surface area contributed by atoms with Gasteiger partial charge in [0.25, 0.3) is 0 Å². The maximum atomic E-state index is 11.3. The molecule has 1 unspecified atom stereocenters. The Morgan fingerprint density at radius 3 is 2.86 bits per heavy atom. The fourth-order valence-corrected chi connectivity index (χ4v) is 4.94. The molecule has 0 spiro atoms. The first-order chi connectivity index (χ1) is 13.6. The molecule has 1 aromatic carbocycles. The minimum Gasteiger partial charge on any atom is -0.481 e. The van der Waals surface area contributed by atoms with E-state index in [-0.39, 0.29) is 5.92 Å². The molecular weight excluding hydrogens is 372 g/mol. The Balaban J connectivity index is 1.33. The highest BCUT2D eigenvalue weighted by molar-refractivity contribution is 7.99. The first-order valence-corrected chi connectivity index (χ1v) is 10.8. The van der Waals surface area contributed by atoms with Crippen LogP contribution >= 0.6 is 11.8 Å². The first kappa shape index (κ1) is 19.2. The van der Waals surface area contributed by atoms with Crippen molar-refractivity contribution in [1.29, 1.82) is 0 Å². The zero-order chi connectivity index (χ0) is 19.5. The maximum Gasteiger partial charge on any atom is 0.306 e. The lowest BCUT2D eigenvalue weighted by molar-refractivity contribution is -0.142. The number of rotatable bonds is 6. The standard InChI is InChI=1S/C21H26N4O2S/c1-2-16(21(26)27)11-14-5-9-25(10-6-14)13-15-3-4-18-17(12-15)24-19-20(28-18)23-8-7-22-19/h3-4,7-8,12,14,16H,2,5-6,9-11,13H2,1H3,(H,22,24)(H,26,27). The summed E-state index contributed by atoms with van der Waals surface area (Å²) in [5, 5.41) is 13.6. The average Bonchev–Trinajstić information content (AvgIpc) is 2.71. The van der Waals surface area contributed by atoms with Gasteiger partial charge in [-0.05, 0) is 62.4 Å². The maximum absolute atomic E-state index is 11.3. The molecule has 7 heteroatoms. The molecule has 1 atom stereocenters. The van der Waals surface area contributed by atoms with Gasteiger partial charge in [0.2, 0.25) is 0 Å². The van der Waals surface area contributed by atoms with E-state index in [4.69, 9.17) is 0 Å². The third-order valence-corrected chi connectivity index (χ3v) is 6.81. The van der Waals surface area contributed by atoms with E-state index >= 15 is 0 Å². The molecule has 1 fully saturated rings. The van der Waals surface area contributed by atoms with E-state index in [0.29, 0.717) is 5.92 Å². The fourth-order valence-electron chi connectivity index (χ4n) is 4.06. The predicted octanol–water partition coefficient (Wildman–Crippen LogP) is 4.40. The van der Waals surface area contributed by atoms with Crippen molar-refractivity contribution in [2.24, 2.45) is 11.8 Å². The van der Waals surface area contributed by atoms with Crippen LogP contribution in [-0.2, 0) is 11.3 Å². The lowest BCUT2D eigenvalue weighted by Crippen LogP contribution is -2.34. The van der Waals surface area contributed by atoms with Crippen LogP contribution in [0.2, 0.25) is 0 Å². The second-order valence-electron chi connectivity index (χ2n) is 7.67. The van der Waals surface area contributed by atoms with Crippen LogP contribution in [0.3, 0.4) is 0 Å². The van der Waals surface area contributed by atoms with Crippen LogP contribution in [-0.4, -0.2) is 39.0 Å². The Morgan fingerprint density at radius 1 is 1.32 bits per heavy atom. The number of nitrogens with zero attached hydrogens (tertiary/aromatic N) is 3. The number of aliphatic carboxylic acids is 1. The average molecular weight is 399 g/mol. The van der Waals surface area contributed by atoms with E-state index in [1.54, 1.807) is 24.2 Å². The SMILES string of the molecule is CCC(CC1CCN(Cc2ccc3c(c2)Nc2nccnc2S3)CC1)C(=O)O. The number of carbonyl (C=O) groups is 1.